The molecule has 2 aromatic carbocycles. The van der Waals surface area contributed by atoms with Gasteiger partial charge in [-0.2, -0.15) is 0 Å². The molecule has 0 bridgehead atoms. The molecule has 2 aromatic rings. The van der Waals surface area contributed by atoms with Gasteiger partial charge in [-0.3, -0.25) is 14.4 Å². The van der Waals surface area contributed by atoms with E-state index in [4.69, 9.17) is 14.2 Å². The molecule has 1 heterocycles. The van der Waals surface area contributed by atoms with Gasteiger partial charge in [0, 0.05) is 23.4 Å². The third-order valence-electron chi connectivity index (χ3n) is 6.49. The van der Waals surface area contributed by atoms with E-state index in [1.807, 2.05) is 0 Å². The number of hydrogen-bond donors (Lipinski definition) is 3. The van der Waals surface area contributed by atoms with Crippen LogP contribution >= 0.6 is 0 Å². The lowest BCUT2D eigenvalue weighted by Crippen LogP contribution is -2.40. The predicted molar refractivity (Wildman–Crippen MR) is 126 cm³/mol. The van der Waals surface area contributed by atoms with Gasteiger partial charge in [0.2, 0.25) is 0 Å². The molecular weight excluding hydrogens is 454 g/mol. The molecule has 3 N–H and O–H groups in total. The van der Waals surface area contributed by atoms with E-state index >= 15 is 0 Å². The van der Waals surface area contributed by atoms with Crippen LogP contribution in [0.5, 0.6) is 28.7 Å². The summed E-state index contributed by atoms with van der Waals surface area (Å²) in [6, 6.07) is 5.05. The second-order valence-corrected chi connectivity index (χ2v) is 8.58. The second-order valence-electron chi connectivity index (χ2n) is 8.58. The Morgan fingerprint density at radius 2 is 1.77 bits per heavy atom. The molecule has 1 unspecified atom stereocenters. The fraction of sp³-hybridized carbons (Fsp3) is 0.269. The molecule has 0 fully saturated rings. The number of hydrogen-bond acceptors (Lipinski definition) is 9. The summed E-state index contributed by atoms with van der Waals surface area (Å²) in [5.41, 5.74) is -1.11. The van der Waals surface area contributed by atoms with Gasteiger partial charge in [0.25, 0.3) is 0 Å². The van der Waals surface area contributed by atoms with Crippen LogP contribution in [-0.2, 0) is 15.0 Å². The van der Waals surface area contributed by atoms with Crippen LogP contribution in [0.4, 0.5) is 5.69 Å². The van der Waals surface area contributed by atoms with Crippen molar-refractivity contribution in [3.05, 3.63) is 58.0 Å². The first-order chi connectivity index (χ1) is 16.5. The maximum atomic E-state index is 13.9. The van der Waals surface area contributed by atoms with Crippen LogP contribution in [0, 0.1) is 6.92 Å². The smallest absolute Gasteiger partial charge is 0.194 e. The lowest BCUT2D eigenvalue weighted by atomic mass is 9.70. The van der Waals surface area contributed by atoms with E-state index in [1.54, 1.807) is 25.1 Å². The number of anilines is 1. The maximum absolute atomic E-state index is 13.9. The molecule has 1 aliphatic heterocycles. The van der Waals surface area contributed by atoms with Crippen molar-refractivity contribution in [3.63, 3.8) is 0 Å². The van der Waals surface area contributed by atoms with Crippen molar-refractivity contribution in [1.82, 2.24) is 0 Å². The molecular formula is C26H25NO8. The zero-order chi connectivity index (χ0) is 25.8. The molecule has 0 spiro atoms. The van der Waals surface area contributed by atoms with Crippen LogP contribution in [0.15, 0.2) is 41.3 Å². The molecule has 4 rings (SSSR count). The fourth-order valence-corrected chi connectivity index (χ4v) is 4.54. The largest absolute Gasteiger partial charge is 0.507 e. The molecule has 9 nitrogen and oxygen atoms in total. The molecule has 0 radical (unpaired) electrons. The van der Waals surface area contributed by atoms with Gasteiger partial charge in [-0.1, -0.05) is 0 Å². The standard InChI is InChI=1S/C26H25NO8/c1-11-22(30)20(13(3)28)24-21(23(11)31)26(4)18(35-24)10-16(29)19(25(26)32)12(2)27-15-9-14(33-5)7-8-17(15)34-6/h7-10,27,30-31H,1-6H3. The summed E-state index contributed by atoms with van der Waals surface area (Å²) in [5.74, 6) is -1.71. The highest BCUT2D eigenvalue weighted by atomic mass is 16.5. The zero-order valence-electron chi connectivity index (χ0n) is 20.2. The van der Waals surface area contributed by atoms with E-state index in [0.717, 1.165) is 0 Å². The Bertz CT molecular complexity index is 1380. The summed E-state index contributed by atoms with van der Waals surface area (Å²) < 4.78 is 16.4. The van der Waals surface area contributed by atoms with Crippen LogP contribution in [0.2, 0.25) is 0 Å². The quantitative estimate of drug-likeness (QED) is 0.334. The number of aromatic hydroxyl groups is 2. The number of allylic oxidation sites excluding steroid dienone is 4. The molecule has 0 saturated carbocycles. The number of nitrogens with one attached hydrogen (secondary N) is 1. The molecule has 182 valence electrons. The van der Waals surface area contributed by atoms with Crippen molar-refractivity contribution >= 4 is 23.0 Å². The highest BCUT2D eigenvalue weighted by molar-refractivity contribution is 6.31. The van der Waals surface area contributed by atoms with Crippen LogP contribution in [-0.4, -0.2) is 41.8 Å². The predicted octanol–water partition coefficient (Wildman–Crippen LogP) is 3.70. The topological polar surface area (TPSA) is 131 Å². The SMILES string of the molecule is COc1ccc(OC)c(NC(C)=C2C(=O)C=C3Oc4c(C(C)=O)c(O)c(C)c(O)c4C3(C)C2=O)c1. The summed E-state index contributed by atoms with van der Waals surface area (Å²) in [7, 11) is 3.00. The lowest BCUT2D eigenvalue weighted by molar-refractivity contribution is -0.123. The number of ether oxygens (including phenoxy) is 3. The zero-order valence-corrected chi connectivity index (χ0v) is 20.2. The molecule has 9 heteroatoms. The lowest BCUT2D eigenvalue weighted by Gasteiger charge is -2.29. The molecule has 0 aromatic heterocycles. The number of carbonyl (C=O) groups excluding carboxylic acids is 3. The molecule has 0 saturated heterocycles. The van der Waals surface area contributed by atoms with Crippen molar-refractivity contribution in [2.75, 3.05) is 19.5 Å². The van der Waals surface area contributed by atoms with E-state index in [9.17, 15) is 24.6 Å². The van der Waals surface area contributed by atoms with Crippen molar-refractivity contribution in [2.24, 2.45) is 0 Å². The van der Waals surface area contributed by atoms with Gasteiger partial charge in [0.15, 0.2) is 17.3 Å². The molecule has 2 aliphatic rings. The second kappa shape index (κ2) is 8.19. The Balaban J connectivity index is 1.90. The summed E-state index contributed by atoms with van der Waals surface area (Å²) in [5, 5.41) is 24.4. The highest BCUT2D eigenvalue weighted by Crippen LogP contribution is 2.57. The van der Waals surface area contributed by atoms with Gasteiger partial charge in [-0.15, -0.1) is 0 Å². The number of phenols is 2. The third kappa shape index (κ3) is 3.34. The number of rotatable bonds is 5. The van der Waals surface area contributed by atoms with Crippen molar-refractivity contribution in [3.8, 4) is 28.7 Å². The number of fused-ring (bicyclic) bond motifs is 3. The van der Waals surface area contributed by atoms with Crippen LogP contribution in [0.25, 0.3) is 0 Å². The van der Waals surface area contributed by atoms with Crippen molar-refractivity contribution < 1.29 is 38.8 Å². The van der Waals surface area contributed by atoms with Crippen molar-refractivity contribution in [1.29, 1.82) is 0 Å². The van der Waals surface area contributed by atoms with Gasteiger partial charge >= 0.3 is 0 Å². The van der Waals surface area contributed by atoms with E-state index in [0.29, 0.717) is 17.2 Å². The Hall–Kier alpha value is -4.27. The maximum Gasteiger partial charge on any atom is 0.194 e. The van der Waals surface area contributed by atoms with Gasteiger partial charge in [-0.05, 0) is 39.8 Å². The van der Waals surface area contributed by atoms with E-state index < -0.39 is 28.5 Å². The number of carbonyl (C=O) groups is 3. The van der Waals surface area contributed by atoms with Gasteiger partial charge < -0.3 is 29.7 Å². The number of phenolic OH excluding ortho intramolecular Hbond substituents is 2. The van der Waals surface area contributed by atoms with Crippen LogP contribution in [0.3, 0.4) is 0 Å². The monoisotopic (exact) mass is 479 g/mol. The molecule has 0 amide bonds. The summed E-state index contributed by atoms with van der Waals surface area (Å²) >= 11 is 0. The fourth-order valence-electron chi connectivity index (χ4n) is 4.54. The summed E-state index contributed by atoms with van der Waals surface area (Å²) in [6.07, 6.45) is 1.17. The first-order valence-electron chi connectivity index (χ1n) is 10.8. The van der Waals surface area contributed by atoms with E-state index in [1.165, 1.54) is 41.1 Å². The van der Waals surface area contributed by atoms with Crippen LogP contribution < -0.4 is 19.5 Å². The van der Waals surface area contributed by atoms with Gasteiger partial charge in [0.1, 0.15) is 45.5 Å². The first kappa shape index (κ1) is 23.9. The summed E-state index contributed by atoms with van der Waals surface area (Å²) in [4.78, 5) is 39.3. The Labute approximate surface area is 201 Å². The number of ketones is 3. The van der Waals surface area contributed by atoms with Gasteiger partial charge in [-0.25, -0.2) is 0 Å². The minimum Gasteiger partial charge on any atom is -0.507 e. The Kier molecular flexibility index (Phi) is 5.59. The van der Waals surface area contributed by atoms with E-state index in [2.05, 4.69) is 5.32 Å². The Morgan fingerprint density at radius 3 is 2.37 bits per heavy atom. The van der Waals surface area contributed by atoms with Gasteiger partial charge in [0.05, 0.1) is 31.0 Å². The average Bonchev–Trinajstić information content (AvgIpc) is 3.10. The first-order valence-corrected chi connectivity index (χ1v) is 10.8. The number of benzene rings is 2. The average molecular weight is 479 g/mol. The molecule has 1 aliphatic carbocycles. The number of methoxy groups -OCH3 is 2. The Morgan fingerprint density at radius 1 is 1.09 bits per heavy atom. The van der Waals surface area contributed by atoms with Crippen molar-refractivity contribution in [2.45, 2.75) is 33.1 Å². The number of Topliss-reactive ketones (excluding diaryl/α,β-unsaturated/α-hetero) is 2. The summed E-state index contributed by atoms with van der Waals surface area (Å²) in [6.45, 7) is 5.76. The highest BCUT2D eigenvalue weighted by Gasteiger charge is 2.56. The minimum atomic E-state index is -1.59. The third-order valence-corrected chi connectivity index (χ3v) is 6.49. The normalized spacial score (nSPS) is 19.9. The minimum absolute atomic E-state index is 0.0270. The molecule has 35 heavy (non-hydrogen) atoms. The van der Waals surface area contributed by atoms with E-state index in [-0.39, 0.29) is 45.2 Å². The molecule has 1 atom stereocenters. The van der Waals surface area contributed by atoms with Crippen LogP contribution in [0.1, 0.15) is 42.3 Å².